The molecule has 3 nitrogen and oxygen atoms in total. The first-order valence-corrected chi connectivity index (χ1v) is 9.38. The fraction of sp³-hybridized carbons (Fsp3) is 1.00. The average Bonchev–Trinajstić information content (AvgIpc) is 2.84. The molecule has 122 valence electrons. The standard InChI is InChI=1S/C18H35N3/c1-20(2)12-10-17-13-16-9-6-11-19-18(16)21(17)14-15-7-4-3-5-8-15/h15-19H,3-14H2,1-2H3. The quantitative estimate of drug-likeness (QED) is 0.841. The van der Waals surface area contributed by atoms with Crippen molar-refractivity contribution in [1.29, 1.82) is 0 Å². The van der Waals surface area contributed by atoms with Gasteiger partial charge in [-0.25, -0.2) is 0 Å². The maximum absolute atomic E-state index is 3.85. The van der Waals surface area contributed by atoms with Gasteiger partial charge in [-0.3, -0.25) is 4.90 Å². The molecular formula is C18H35N3. The Balaban J connectivity index is 1.62. The Hall–Kier alpha value is -0.120. The maximum Gasteiger partial charge on any atom is 0.0629 e. The van der Waals surface area contributed by atoms with Crippen LogP contribution in [0.1, 0.15) is 57.8 Å². The van der Waals surface area contributed by atoms with Crippen LogP contribution in [0.3, 0.4) is 0 Å². The monoisotopic (exact) mass is 293 g/mol. The highest BCUT2D eigenvalue weighted by Gasteiger charge is 2.42. The predicted octanol–water partition coefficient (Wildman–Crippen LogP) is 2.92. The van der Waals surface area contributed by atoms with Gasteiger partial charge >= 0.3 is 0 Å². The number of rotatable bonds is 5. The van der Waals surface area contributed by atoms with E-state index in [2.05, 4.69) is 29.2 Å². The van der Waals surface area contributed by atoms with E-state index in [-0.39, 0.29) is 0 Å². The van der Waals surface area contributed by atoms with Crippen LogP contribution in [0.15, 0.2) is 0 Å². The van der Waals surface area contributed by atoms with Crippen molar-refractivity contribution in [3.05, 3.63) is 0 Å². The molecule has 0 amide bonds. The lowest BCUT2D eigenvalue weighted by Gasteiger charge is -2.38. The molecule has 3 rings (SSSR count). The van der Waals surface area contributed by atoms with Gasteiger partial charge in [0, 0.05) is 12.6 Å². The van der Waals surface area contributed by atoms with E-state index in [0.717, 1.165) is 17.9 Å². The van der Waals surface area contributed by atoms with Gasteiger partial charge in [-0.15, -0.1) is 0 Å². The van der Waals surface area contributed by atoms with Crippen LogP contribution in [0.5, 0.6) is 0 Å². The van der Waals surface area contributed by atoms with Gasteiger partial charge in [0.05, 0.1) is 6.17 Å². The summed E-state index contributed by atoms with van der Waals surface area (Å²) in [7, 11) is 4.43. The fourth-order valence-electron chi connectivity index (χ4n) is 4.91. The number of fused-ring (bicyclic) bond motifs is 1. The van der Waals surface area contributed by atoms with Crippen molar-refractivity contribution >= 4 is 0 Å². The van der Waals surface area contributed by atoms with Crippen LogP contribution in [0.2, 0.25) is 0 Å². The van der Waals surface area contributed by atoms with Gasteiger partial charge < -0.3 is 10.2 Å². The first kappa shape index (κ1) is 15.8. The Labute approximate surface area is 131 Å². The van der Waals surface area contributed by atoms with Crippen molar-refractivity contribution in [3.63, 3.8) is 0 Å². The van der Waals surface area contributed by atoms with E-state index in [4.69, 9.17) is 0 Å². The largest absolute Gasteiger partial charge is 0.309 e. The maximum atomic E-state index is 3.85. The Morgan fingerprint density at radius 2 is 1.86 bits per heavy atom. The van der Waals surface area contributed by atoms with Gasteiger partial charge in [-0.2, -0.15) is 0 Å². The summed E-state index contributed by atoms with van der Waals surface area (Å²) < 4.78 is 0. The highest BCUT2D eigenvalue weighted by molar-refractivity contribution is 4.95. The van der Waals surface area contributed by atoms with E-state index in [1.165, 1.54) is 77.4 Å². The minimum absolute atomic E-state index is 0.702. The van der Waals surface area contributed by atoms with Crippen LogP contribution in [-0.4, -0.2) is 55.7 Å². The Morgan fingerprint density at radius 3 is 2.62 bits per heavy atom. The average molecular weight is 293 g/mol. The van der Waals surface area contributed by atoms with E-state index in [1.54, 1.807) is 0 Å². The van der Waals surface area contributed by atoms with Crippen molar-refractivity contribution in [1.82, 2.24) is 15.1 Å². The molecule has 1 saturated carbocycles. The molecule has 3 heteroatoms. The Bertz CT molecular complexity index is 312. The molecule has 0 aromatic heterocycles. The second kappa shape index (κ2) is 7.43. The lowest BCUT2D eigenvalue weighted by molar-refractivity contribution is 0.0956. The van der Waals surface area contributed by atoms with Crippen LogP contribution in [0, 0.1) is 11.8 Å². The lowest BCUT2D eigenvalue weighted by atomic mass is 9.88. The van der Waals surface area contributed by atoms with Crippen molar-refractivity contribution in [2.75, 3.05) is 33.7 Å². The summed E-state index contributed by atoms with van der Waals surface area (Å²) in [5.41, 5.74) is 0. The zero-order valence-corrected chi connectivity index (χ0v) is 14.2. The molecule has 0 aromatic rings. The number of piperidine rings is 1. The summed E-state index contributed by atoms with van der Waals surface area (Å²) in [5, 5.41) is 3.85. The molecule has 2 saturated heterocycles. The molecule has 0 aromatic carbocycles. The fourth-order valence-corrected chi connectivity index (χ4v) is 4.91. The second-order valence-corrected chi connectivity index (χ2v) is 7.98. The third-order valence-corrected chi connectivity index (χ3v) is 6.06. The van der Waals surface area contributed by atoms with Gasteiger partial charge in [-0.05, 0) is 77.5 Å². The van der Waals surface area contributed by atoms with Gasteiger partial charge in [0.25, 0.3) is 0 Å². The van der Waals surface area contributed by atoms with E-state index in [0.29, 0.717) is 6.17 Å². The first-order chi connectivity index (χ1) is 10.2. The van der Waals surface area contributed by atoms with E-state index in [1.807, 2.05) is 0 Å². The zero-order valence-electron chi connectivity index (χ0n) is 14.2. The van der Waals surface area contributed by atoms with E-state index < -0.39 is 0 Å². The molecule has 2 heterocycles. The van der Waals surface area contributed by atoms with Gasteiger partial charge in [0.2, 0.25) is 0 Å². The van der Waals surface area contributed by atoms with Gasteiger partial charge in [0.1, 0.15) is 0 Å². The van der Waals surface area contributed by atoms with Crippen LogP contribution < -0.4 is 5.32 Å². The zero-order chi connectivity index (χ0) is 14.7. The molecule has 0 spiro atoms. The topological polar surface area (TPSA) is 18.5 Å². The van der Waals surface area contributed by atoms with Crippen LogP contribution in [-0.2, 0) is 0 Å². The number of likely N-dealkylation sites (tertiary alicyclic amines) is 1. The third-order valence-electron chi connectivity index (χ3n) is 6.06. The number of nitrogens with zero attached hydrogens (tertiary/aromatic N) is 2. The number of hydrogen-bond acceptors (Lipinski definition) is 3. The molecule has 1 N–H and O–H groups in total. The summed E-state index contributed by atoms with van der Waals surface area (Å²) in [4.78, 5) is 5.25. The smallest absolute Gasteiger partial charge is 0.0629 e. The summed E-state index contributed by atoms with van der Waals surface area (Å²) in [6.45, 7) is 3.85. The molecule has 3 unspecified atom stereocenters. The molecule has 0 bridgehead atoms. The summed E-state index contributed by atoms with van der Waals surface area (Å²) in [6, 6.07) is 0.829. The molecule has 0 radical (unpaired) electrons. The normalized spacial score (nSPS) is 35.3. The van der Waals surface area contributed by atoms with Gasteiger partial charge in [0.15, 0.2) is 0 Å². The molecule has 1 aliphatic carbocycles. The highest BCUT2D eigenvalue weighted by Crippen LogP contribution is 2.37. The van der Waals surface area contributed by atoms with Gasteiger partial charge in [-0.1, -0.05) is 19.3 Å². The predicted molar refractivity (Wildman–Crippen MR) is 89.4 cm³/mol. The summed E-state index contributed by atoms with van der Waals surface area (Å²) >= 11 is 0. The summed E-state index contributed by atoms with van der Waals surface area (Å²) in [5.74, 6) is 1.90. The molecular weight excluding hydrogens is 258 g/mol. The first-order valence-electron chi connectivity index (χ1n) is 9.38. The van der Waals surface area contributed by atoms with Crippen molar-refractivity contribution in [2.45, 2.75) is 70.0 Å². The van der Waals surface area contributed by atoms with Crippen molar-refractivity contribution in [2.24, 2.45) is 11.8 Å². The van der Waals surface area contributed by atoms with E-state index in [9.17, 15) is 0 Å². The molecule has 3 fully saturated rings. The summed E-state index contributed by atoms with van der Waals surface area (Å²) in [6.07, 6.45) is 13.7. The SMILES string of the molecule is CN(C)CCC1CC2CCCNC2N1CC1CCCCC1. The van der Waals surface area contributed by atoms with Crippen LogP contribution >= 0.6 is 0 Å². The highest BCUT2D eigenvalue weighted by atomic mass is 15.3. The molecule has 3 aliphatic rings. The van der Waals surface area contributed by atoms with Crippen LogP contribution in [0.4, 0.5) is 0 Å². The van der Waals surface area contributed by atoms with Crippen LogP contribution in [0.25, 0.3) is 0 Å². The molecule has 3 atom stereocenters. The third kappa shape index (κ3) is 4.00. The number of hydrogen-bond donors (Lipinski definition) is 1. The Kier molecular flexibility index (Phi) is 5.58. The van der Waals surface area contributed by atoms with Crippen molar-refractivity contribution in [3.8, 4) is 0 Å². The van der Waals surface area contributed by atoms with Crippen molar-refractivity contribution < 1.29 is 0 Å². The molecule has 2 aliphatic heterocycles. The minimum Gasteiger partial charge on any atom is -0.309 e. The molecule has 21 heavy (non-hydrogen) atoms. The minimum atomic E-state index is 0.702. The lowest BCUT2D eigenvalue weighted by Crippen LogP contribution is -2.51. The second-order valence-electron chi connectivity index (χ2n) is 7.98. The Morgan fingerprint density at radius 1 is 1.05 bits per heavy atom. The van der Waals surface area contributed by atoms with E-state index >= 15 is 0 Å². The number of nitrogens with one attached hydrogen (secondary N) is 1.